The molecule has 2 aromatic carbocycles. The maximum Gasteiger partial charge on any atom is 0.411 e. The number of ether oxygens (including phenoxy) is 2. The molecule has 0 unspecified atom stereocenters. The van der Waals surface area contributed by atoms with Crippen molar-refractivity contribution in [3.8, 4) is 11.1 Å². The number of carbonyl (C=O) groups is 2. The highest BCUT2D eigenvalue weighted by atomic mass is 16.6. The van der Waals surface area contributed by atoms with Gasteiger partial charge in [-0.15, -0.1) is 0 Å². The number of benzene rings is 2. The first-order valence-corrected chi connectivity index (χ1v) is 8.49. The molecule has 0 fully saturated rings. The van der Waals surface area contributed by atoms with Gasteiger partial charge in [0.1, 0.15) is 0 Å². The zero-order chi connectivity index (χ0) is 19.1. The molecule has 0 aliphatic heterocycles. The van der Waals surface area contributed by atoms with Crippen LogP contribution in [0, 0.1) is 0 Å². The van der Waals surface area contributed by atoms with Crippen LogP contribution >= 0.6 is 0 Å². The van der Waals surface area contributed by atoms with E-state index >= 15 is 0 Å². The van der Waals surface area contributed by atoms with Crippen LogP contribution < -0.4 is 10.6 Å². The molecule has 0 atom stereocenters. The Labute approximate surface area is 153 Å². The van der Waals surface area contributed by atoms with Crippen molar-refractivity contribution < 1.29 is 19.1 Å². The molecule has 2 N–H and O–H groups in total. The largest absolute Gasteiger partial charge is 0.447 e. The predicted molar refractivity (Wildman–Crippen MR) is 102 cm³/mol. The smallest absolute Gasteiger partial charge is 0.411 e. The van der Waals surface area contributed by atoms with Crippen molar-refractivity contribution in [2.45, 2.75) is 39.9 Å². The van der Waals surface area contributed by atoms with E-state index in [1.165, 1.54) is 0 Å². The molecule has 6 heteroatoms. The maximum atomic E-state index is 11.6. The van der Waals surface area contributed by atoms with Gasteiger partial charge in [0.2, 0.25) is 0 Å². The molecular weight excluding hydrogens is 332 g/mol. The third-order valence-corrected chi connectivity index (χ3v) is 3.28. The predicted octanol–water partition coefficient (Wildman–Crippen LogP) is 5.27. The highest BCUT2D eigenvalue weighted by molar-refractivity contribution is 5.86. The maximum absolute atomic E-state index is 11.6. The molecule has 26 heavy (non-hydrogen) atoms. The third-order valence-electron chi connectivity index (χ3n) is 3.28. The standard InChI is InChI=1S/C20H24N2O4/c1-13(2)25-19(23)21-17-9-5-15(6-10-17)16-7-11-18(12-8-16)22-20(24)26-14(3)4/h5-14H,1-4H3,(H,21,23)(H,22,24). The first-order valence-electron chi connectivity index (χ1n) is 8.49. The van der Waals surface area contributed by atoms with Crippen molar-refractivity contribution in [2.24, 2.45) is 0 Å². The minimum atomic E-state index is -0.475. The number of hydrogen-bond acceptors (Lipinski definition) is 4. The van der Waals surface area contributed by atoms with E-state index in [2.05, 4.69) is 10.6 Å². The molecule has 2 aromatic rings. The van der Waals surface area contributed by atoms with Crippen LogP contribution in [0.2, 0.25) is 0 Å². The van der Waals surface area contributed by atoms with Crippen LogP contribution in [-0.2, 0) is 9.47 Å². The molecule has 0 aliphatic rings. The fourth-order valence-corrected chi connectivity index (χ4v) is 2.21. The summed E-state index contributed by atoms with van der Waals surface area (Å²) in [5.74, 6) is 0. The monoisotopic (exact) mass is 356 g/mol. The Hall–Kier alpha value is -3.02. The zero-order valence-electron chi connectivity index (χ0n) is 15.4. The second kappa shape index (κ2) is 8.89. The molecule has 2 rings (SSSR count). The lowest BCUT2D eigenvalue weighted by molar-refractivity contribution is 0.129. The topological polar surface area (TPSA) is 76.7 Å². The average Bonchev–Trinajstić information content (AvgIpc) is 2.54. The molecular formula is C20H24N2O4. The van der Waals surface area contributed by atoms with Gasteiger partial charge in [-0.1, -0.05) is 24.3 Å². The van der Waals surface area contributed by atoms with E-state index in [0.29, 0.717) is 11.4 Å². The van der Waals surface area contributed by atoms with Gasteiger partial charge in [0.25, 0.3) is 0 Å². The summed E-state index contributed by atoms with van der Waals surface area (Å²) in [5, 5.41) is 5.35. The van der Waals surface area contributed by atoms with E-state index in [4.69, 9.17) is 9.47 Å². The van der Waals surface area contributed by atoms with Crippen molar-refractivity contribution in [1.82, 2.24) is 0 Å². The van der Waals surface area contributed by atoms with Crippen LogP contribution in [0.15, 0.2) is 48.5 Å². The Balaban J connectivity index is 1.98. The quantitative estimate of drug-likeness (QED) is 0.765. The number of rotatable bonds is 5. The average molecular weight is 356 g/mol. The molecule has 138 valence electrons. The van der Waals surface area contributed by atoms with Gasteiger partial charge in [0, 0.05) is 11.4 Å². The van der Waals surface area contributed by atoms with Crippen molar-refractivity contribution >= 4 is 23.6 Å². The summed E-state index contributed by atoms with van der Waals surface area (Å²) in [6, 6.07) is 14.8. The van der Waals surface area contributed by atoms with E-state index in [9.17, 15) is 9.59 Å². The Morgan fingerprint density at radius 1 is 0.654 bits per heavy atom. The van der Waals surface area contributed by atoms with Gasteiger partial charge in [0.15, 0.2) is 0 Å². The lowest BCUT2D eigenvalue weighted by Gasteiger charge is -2.11. The van der Waals surface area contributed by atoms with Gasteiger partial charge >= 0.3 is 12.2 Å². The van der Waals surface area contributed by atoms with E-state index < -0.39 is 12.2 Å². The highest BCUT2D eigenvalue weighted by Gasteiger charge is 2.07. The number of anilines is 2. The molecule has 0 heterocycles. The Morgan fingerprint density at radius 3 is 1.23 bits per heavy atom. The van der Waals surface area contributed by atoms with Gasteiger partial charge in [0.05, 0.1) is 12.2 Å². The van der Waals surface area contributed by atoms with Crippen molar-refractivity contribution in [3.05, 3.63) is 48.5 Å². The summed E-state index contributed by atoms with van der Waals surface area (Å²) in [4.78, 5) is 23.2. The second-order valence-electron chi connectivity index (χ2n) is 6.31. The molecule has 0 saturated carbocycles. The zero-order valence-corrected chi connectivity index (χ0v) is 15.4. The lowest BCUT2D eigenvalue weighted by atomic mass is 10.1. The van der Waals surface area contributed by atoms with Crippen LogP contribution in [0.4, 0.5) is 21.0 Å². The first-order chi connectivity index (χ1) is 12.3. The van der Waals surface area contributed by atoms with Crippen LogP contribution in [0.3, 0.4) is 0 Å². The van der Waals surface area contributed by atoms with Gasteiger partial charge in [-0.05, 0) is 63.1 Å². The summed E-state index contributed by atoms with van der Waals surface area (Å²) >= 11 is 0. The van der Waals surface area contributed by atoms with Gasteiger partial charge in [-0.2, -0.15) is 0 Å². The van der Waals surface area contributed by atoms with Crippen molar-refractivity contribution in [1.29, 1.82) is 0 Å². The van der Waals surface area contributed by atoms with E-state index in [-0.39, 0.29) is 12.2 Å². The molecule has 0 spiro atoms. The second-order valence-corrected chi connectivity index (χ2v) is 6.31. The van der Waals surface area contributed by atoms with E-state index in [1.54, 1.807) is 27.7 Å². The van der Waals surface area contributed by atoms with Crippen LogP contribution in [0.5, 0.6) is 0 Å². The summed E-state index contributed by atoms with van der Waals surface area (Å²) in [6.45, 7) is 7.18. The minimum Gasteiger partial charge on any atom is -0.447 e. The van der Waals surface area contributed by atoms with Crippen LogP contribution in [0.25, 0.3) is 11.1 Å². The molecule has 2 amide bonds. The summed E-state index contributed by atoms with van der Waals surface area (Å²) in [6.07, 6.45) is -1.29. The Bertz CT molecular complexity index is 672. The SMILES string of the molecule is CC(C)OC(=O)Nc1ccc(-c2ccc(NC(=O)OC(C)C)cc2)cc1. The van der Waals surface area contributed by atoms with Gasteiger partial charge in [-0.3, -0.25) is 10.6 Å². The number of carbonyl (C=O) groups excluding carboxylic acids is 2. The summed E-state index contributed by atoms with van der Waals surface area (Å²) < 4.78 is 10.1. The Kier molecular flexibility index (Phi) is 6.60. The van der Waals surface area contributed by atoms with Crippen LogP contribution in [0.1, 0.15) is 27.7 Å². The van der Waals surface area contributed by atoms with Gasteiger partial charge in [-0.25, -0.2) is 9.59 Å². The number of nitrogens with one attached hydrogen (secondary N) is 2. The molecule has 0 radical (unpaired) electrons. The molecule has 0 aliphatic carbocycles. The summed E-state index contributed by atoms with van der Waals surface area (Å²) in [5.41, 5.74) is 3.30. The molecule has 6 nitrogen and oxygen atoms in total. The van der Waals surface area contributed by atoms with Gasteiger partial charge < -0.3 is 9.47 Å². The highest BCUT2D eigenvalue weighted by Crippen LogP contribution is 2.23. The fraction of sp³-hybridized carbons (Fsp3) is 0.300. The number of amides is 2. The number of hydrogen-bond donors (Lipinski definition) is 2. The third kappa shape index (κ3) is 6.12. The van der Waals surface area contributed by atoms with E-state index in [0.717, 1.165) is 11.1 Å². The van der Waals surface area contributed by atoms with Crippen LogP contribution in [-0.4, -0.2) is 24.4 Å². The van der Waals surface area contributed by atoms with Crippen molar-refractivity contribution in [3.63, 3.8) is 0 Å². The minimum absolute atomic E-state index is 0.167. The molecule has 0 aromatic heterocycles. The fourth-order valence-electron chi connectivity index (χ4n) is 2.21. The summed E-state index contributed by atoms with van der Waals surface area (Å²) in [7, 11) is 0. The molecule has 0 saturated heterocycles. The lowest BCUT2D eigenvalue weighted by Crippen LogP contribution is -2.17. The Morgan fingerprint density at radius 2 is 0.962 bits per heavy atom. The molecule has 0 bridgehead atoms. The van der Waals surface area contributed by atoms with Crippen molar-refractivity contribution in [2.75, 3.05) is 10.6 Å². The van der Waals surface area contributed by atoms with E-state index in [1.807, 2.05) is 48.5 Å². The normalized spacial score (nSPS) is 10.5. The first kappa shape index (κ1) is 19.3.